The van der Waals surface area contributed by atoms with Crippen molar-refractivity contribution in [2.24, 2.45) is 11.8 Å². The van der Waals surface area contributed by atoms with E-state index in [9.17, 15) is 4.79 Å². The summed E-state index contributed by atoms with van der Waals surface area (Å²) in [6.45, 7) is 10.1. The van der Waals surface area contributed by atoms with Gasteiger partial charge in [0.1, 0.15) is 0 Å². The summed E-state index contributed by atoms with van der Waals surface area (Å²) in [6, 6.07) is 0. The Morgan fingerprint density at radius 2 is 2.20 bits per heavy atom. The second kappa shape index (κ2) is 5.11. The summed E-state index contributed by atoms with van der Waals surface area (Å²) in [6.07, 6.45) is 7.12. The fourth-order valence-electron chi connectivity index (χ4n) is 2.21. The first kappa shape index (κ1) is 12.0. The lowest BCUT2D eigenvalue weighted by Crippen LogP contribution is -2.07. The quantitative estimate of drug-likeness (QED) is 0.638. The molecule has 15 heavy (non-hydrogen) atoms. The Balaban J connectivity index is 2.80. The van der Waals surface area contributed by atoms with Crippen molar-refractivity contribution in [1.82, 2.24) is 0 Å². The van der Waals surface area contributed by atoms with Crippen molar-refractivity contribution in [3.8, 4) is 0 Å². The maximum Gasteiger partial charge on any atom is 0.159 e. The molecule has 0 spiro atoms. The zero-order valence-electron chi connectivity index (χ0n) is 9.92. The first-order chi connectivity index (χ1) is 7.07. The van der Waals surface area contributed by atoms with E-state index >= 15 is 0 Å². The zero-order chi connectivity index (χ0) is 11.4. The van der Waals surface area contributed by atoms with Crippen molar-refractivity contribution < 1.29 is 4.79 Å². The Bertz CT molecular complexity index is 318. The fourth-order valence-corrected chi connectivity index (χ4v) is 2.21. The highest BCUT2D eigenvalue weighted by Crippen LogP contribution is 2.35. The third kappa shape index (κ3) is 2.68. The van der Waals surface area contributed by atoms with Gasteiger partial charge in [0.2, 0.25) is 0 Å². The lowest BCUT2D eigenvalue weighted by atomic mass is 9.90. The number of allylic oxidation sites excluding steroid dienone is 5. The summed E-state index contributed by atoms with van der Waals surface area (Å²) in [5.41, 5.74) is 2.32. The summed E-state index contributed by atoms with van der Waals surface area (Å²) < 4.78 is 0. The van der Waals surface area contributed by atoms with Crippen molar-refractivity contribution >= 4 is 5.78 Å². The van der Waals surface area contributed by atoms with Crippen LogP contribution in [0.1, 0.15) is 33.6 Å². The number of hydrogen-bond donors (Lipinski definition) is 0. The van der Waals surface area contributed by atoms with Crippen molar-refractivity contribution in [2.45, 2.75) is 33.6 Å². The molecule has 0 heterocycles. The summed E-state index contributed by atoms with van der Waals surface area (Å²) in [5.74, 6) is 1.36. The highest BCUT2D eigenvalue weighted by atomic mass is 16.1. The van der Waals surface area contributed by atoms with Crippen LogP contribution in [0.3, 0.4) is 0 Å². The molecule has 1 aliphatic rings. The van der Waals surface area contributed by atoms with Crippen LogP contribution in [0.4, 0.5) is 0 Å². The number of carbonyl (C=O) groups is 1. The van der Waals surface area contributed by atoms with E-state index in [-0.39, 0.29) is 0 Å². The van der Waals surface area contributed by atoms with Crippen molar-refractivity contribution in [3.05, 3.63) is 36.0 Å². The number of rotatable bonds is 4. The maximum absolute atomic E-state index is 11.8. The second-order valence-electron chi connectivity index (χ2n) is 4.51. The van der Waals surface area contributed by atoms with Crippen molar-refractivity contribution in [3.63, 3.8) is 0 Å². The Kier molecular flexibility index (Phi) is 4.07. The molecule has 1 nitrogen and oxygen atoms in total. The smallest absolute Gasteiger partial charge is 0.159 e. The lowest BCUT2D eigenvalue weighted by Gasteiger charge is -2.14. The minimum Gasteiger partial charge on any atom is -0.295 e. The summed E-state index contributed by atoms with van der Waals surface area (Å²) >= 11 is 0. The van der Waals surface area contributed by atoms with E-state index in [0.29, 0.717) is 24.0 Å². The van der Waals surface area contributed by atoms with Gasteiger partial charge in [-0.25, -0.2) is 0 Å². The van der Waals surface area contributed by atoms with Crippen LogP contribution in [0.5, 0.6) is 0 Å². The van der Waals surface area contributed by atoms with Gasteiger partial charge in [-0.1, -0.05) is 44.2 Å². The molecule has 0 saturated carbocycles. The Morgan fingerprint density at radius 3 is 2.67 bits per heavy atom. The second-order valence-corrected chi connectivity index (χ2v) is 4.51. The molecule has 0 radical (unpaired) electrons. The topological polar surface area (TPSA) is 17.1 Å². The molecule has 0 fully saturated rings. The van der Waals surface area contributed by atoms with E-state index in [0.717, 1.165) is 12.0 Å². The minimum atomic E-state index is 0.333. The summed E-state index contributed by atoms with van der Waals surface area (Å²) in [5, 5.41) is 0. The van der Waals surface area contributed by atoms with Crippen LogP contribution in [0.15, 0.2) is 36.0 Å². The van der Waals surface area contributed by atoms with Crippen LogP contribution in [0.25, 0.3) is 0 Å². The van der Waals surface area contributed by atoms with E-state index in [2.05, 4.69) is 27.4 Å². The molecule has 0 amide bonds. The molecule has 1 rings (SSSR count). The van der Waals surface area contributed by atoms with Crippen LogP contribution in [-0.2, 0) is 4.79 Å². The van der Waals surface area contributed by atoms with E-state index < -0.39 is 0 Å². The average Bonchev–Trinajstić information content (AvgIpc) is 2.45. The van der Waals surface area contributed by atoms with Crippen molar-refractivity contribution in [1.29, 1.82) is 0 Å². The Labute approximate surface area is 92.6 Å². The van der Waals surface area contributed by atoms with Gasteiger partial charge in [-0.2, -0.15) is 0 Å². The molecule has 0 aromatic carbocycles. The lowest BCUT2D eigenvalue weighted by molar-refractivity contribution is -0.115. The fraction of sp³-hybridized carbons (Fsp3) is 0.500. The Morgan fingerprint density at radius 1 is 1.53 bits per heavy atom. The van der Waals surface area contributed by atoms with Gasteiger partial charge in [0.15, 0.2) is 5.78 Å². The number of ketones is 1. The number of carbonyl (C=O) groups excluding carboxylic acids is 1. The molecule has 1 atom stereocenters. The van der Waals surface area contributed by atoms with E-state index in [1.54, 1.807) is 6.08 Å². The van der Waals surface area contributed by atoms with Crippen LogP contribution < -0.4 is 0 Å². The average molecular weight is 204 g/mol. The molecule has 0 bridgehead atoms. The molecule has 0 saturated heterocycles. The SMILES string of the molecule is C=C/C=C\CC1=C(C)C(C(C)C)CC1=O. The first-order valence-corrected chi connectivity index (χ1v) is 5.58. The van der Waals surface area contributed by atoms with E-state index in [4.69, 9.17) is 0 Å². The molecule has 0 N–H and O–H groups in total. The van der Waals surface area contributed by atoms with Crippen LogP contribution in [0.2, 0.25) is 0 Å². The largest absolute Gasteiger partial charge is 0.295 e. The van der Waals surface area contributed by atoms with Gasteiger partial charge in [0.05, 0.1) is 0 Å². The van der Waals surface area contributed by atoms with Crippen LogP contribution in [-0.4, -0.2) is 5.78 Å². The van der Waals surface area contributed by atoms with Gasteiger partial charge in [0, 0.05) is 6.42 Å². The molecule has 0 aromatic heterocycles. The predicted molar refractivity (Wildman–Crippen MR) is 64.6 cm³/mol. The molecule has 82 valence electrons. The molecular weight excluding hydrogens is 184 g/mol. The van der Waals surface area contributed by atoms with Crippen LogP contribution in [0, 0.1) is 11.8 Å². The molecular formula is C14H20O. The van der Waals surface area contributed by atoms with Gasteiger partial charge >= 0.3 is 0 Å². The van der Waals surface area contributed by atoms with Gasteiger partial charge in [-0.05, 0) is 30.8 Å². The predicted octanol–water partition coefficient (Wildman–Crippen LogP) is 3.68. The van der Waals surface area contributed by atoms with Gasteiger partial charge < -0.3 is 0 Å². The van der Waals surface area contributed by atoms with E-state index in [1.807, 2.05) is 12.2 Å². The molecule has 0 aromatic rings. The summed E-state index contributed by atoms with van der Waals surface area (Å²) in [4.78, 5) is 11.8. The minimum absolute atomic E-state index is 0.333. The standard InChI is InChI=1S/C14H20O/c1-5-6-7-8-12-11(4)13(10(2)3)9-14(12)15/h5-7,10,13H,1,8-9H2,2-4H3/b7-6-. The molecule has 1 aliphatic carbocycles. The van der Waals surface area contributed by atoms with Crippen molar-refractivity contribution in [2.75, 3.05) is 0 Å². The highest BCUT2D eigenvalue weighted by molar-refractivity contribution is 5.99. The monoisotopic (exact) mass is 204 g/mol. The molecule has 0 aliphatic heterocycles. The normalized spacial score (nSPS) is 22.1. The third-order valence-electron chi connectivity index (χ3n) is 3.17. The maximum atomic E-state index is 11.8. The Hall–Kier alpha value is -1.11. The molecule has 1 unspecified atom stereocenters. The van der Waals surface area contributed by atoms with Crippen LogP contribution >= 0.6 is 0 Å². The molecule has 1 heteroatoms. The van der Waals surface area contributed by atoms with E-state index in [1.165, 1.54) is 5.57 Å². The third-order valence-corrected chi connectivity index (χ3v) is 3.17. The zero-order valence-corrected chi connectivity index (χ0v) is 9.92. The van der Waals surface area contributed by atoms with Gasteiger partial charge in [-0.3, -0.25) is 4.79 Å². The summed E-state index contributed by atoms with van der Waals surface area (Å²) in [7, 11) is 0. The number of hydrogen-bond acceptors (Lipinski definition) is 1. The van der Waals surface area contributed by atoms with Gasteiger partial charge in [0.25, 0.3) is 0 Å². The highest BCUT2D eigenvalue weighted by Gasteiger charge is 2.30. The van der Waals surface area contributed by atoms with Gasteiger partial charge in [-0.15, -0.1) is 0 Å². The first-order valence-electron chi connectivity index (χ1n) is 5.58. The number of Topliss-reactive ketones (excluding diaryl/α,β-unsaturated/α-hetero) is 1.